The van der Waals surface area contributed by atoms with Gasteiger partial charge in [-0.2, -0.15) is 0 Å². The molecule has 3 heteroatoms. The van der Waals surface area contributed by atoms with Crippen LogP contribution in [0.25, 0.3) is 0 Å². The van der Waals surface area contributed by atoms with Crippen molar-refractivity contribution in [2.75, 3.05) is 0 Å². The van der Waals surface area contributed by atoms with Gasteiger partial charge in [0.05, 0.1) is 11.9 Å². The van der Waals surface area contributed by atoms with Crippen LogP contribution in [0.4, 0.5) is 0 Å². The predicted molar refractivity (Wildman–Crippen MR) is 41.0 cm³/mol. The molecule has 0 aliphatic heterocycles. The average molecular weight is 155 g/mol. The summed E-state index contributed by atoms with van der Waals surface area (Å²) in [4.78, 5) is 10.7. The van der Waals surface area contributed by atoms with Crippen molar-refractivity contribution in [1.29, 1.82) is 0 Å². The highest BCUT2D eigenvalue weighted by Gasteiger charge is 1.96. The maximum Gasteiger partial charge on any atom is 0.221 e. The Morgan fingerprint density at radius 2 is 2.09 bits per heavy atom. The van der Waals surface area contributed by atoms with Crippen LogP contribution in [0, 0.1) is 0 Å². The number of primary amides is 1. The summed E-state index contributed by atoms with van der Waals surface area (Å²) < 4.78 is 29.4. The lowest BCUT2D eigenvalue weighted by Crippen LogP contribution is -2.13. The minimum atomic E-state index is -0.749. The molecule has 0 aliphatic rings. The molecule has 0 fully saturated rings. The summed E-state index contributed by atoms with van der Waals surface area (Å²) in [6.07, 6.45) is -0.379. The number of aromatic hydroxyl groups is 1. The van der Waals surface area contributed by atoms with Gasteiger partial charge in [0.1, 0.15) is 5.75 Å². The Kier molecular flexibility index (Phi) is 1.04. The van der Waals surface area contributed by atoms with E-state index in [9.17, 15) is 9.90 Å². The number of benzene rings is 1. The van der Waals surface area contributed by atoms with Crippen molar-refractivity contribution in [3.8, 4) is 5.75 Å². The highest BCUT2D eigenvalue weighted by molar-refractivity contribution is 5.76. The molecule has 0 radical (unpaired) electrons. The Balaban J connectivity index is 3.45. The van der Waals surface area contributed by atoms with E-state index in [0.29, 0.717) is 0 Å². The van der Waals surface area contributed by atoms with Crippen LogP contribution in [0.2, 0.25) is 0 Å². The van der Waals surface area contributed by atoms with Crippen LogP contribution >= 0.6 is 0 Å². The summed E-state index contributed by atoms with van der Waals surface area (Å²) in [5.74, 6) is -1.47. The first-order valence-electron chi connectivity index (χ1n) is 4.92. The number of amides is 1. The molecule has 0 unspecified atom stereocenters. The molecule has 0 spiro atoms. The zero-order chi connectivity index (χ0) is 11.7. The average Bonchev–Trinajstić information content (AvgIpc) is 2.18. The van der Waals surface area contributed by atoms with Gasteiger partial charge in [-0.05, 0) is 17.6 Å². The minimum Gasteiger partial charge on any atom is -0.508 e. The maximum atomic E-state index is 10.7. The van der Waals surface area contributed by atoms with Crippen LogP contribution in [0.5, 0.6) is 5.75 Å². The first-order valence-corrected chi connectivity index (χ1v) is 2.92. The SMILES string of the molecule is [2H]c1c([2H])c(CC(N)=O)c([2H])c([2H])c1O. The Bertz CT molecular complexity index is 404. The van der Waals surface area contributed by atoms with Gasteiger partial charge in [-0.1, -0.05) is 12.1 Å². The fourth-order valence-corrected chi connectivity index (χ4v) is 0.594. The molecule has 58 valence electrons. The summed E-state index contributed by atoms with van der Waals surface area (Å²) >= 11 is 0. The zero-order valence-electron chi connectivity index (χ0n) is 9.64. The van der Waals surface area contributed by atoms with E-state index in [1.165, 1.54) is 0 Å². The monoisotopic (exact) mass is 155 g/mol. The van der Waals surface area contributed by atoms with Crippen molar-refractivity contribution in [1.82, 2.24) is 0 Å². The van der Waals surface area contributed by atoms with Gasteiger partial charge in [0.25, 0.3) is 0 Å². The van der Waals surface area contributed by atoms with Gasteiger partial charge < -0.3 is 10.8 Å². The molecule has 1 aromatic rings. The molecule has 0 bridgehead atoms. The van der Waals surface area contributed by atoms with Gasteiger partial charge in [0.2, 0.25) is 5.91 Å². The molecule has 1 rings (SSSR count). The standard InChI is InChI=1S/C8H9NO2/c9-8(11)5-6-1-3-7(10)4-2-6/h1-4,10H,5H2,(H2,9,11)/i1D,2D,3D,4D. The van der Waals surface area contributed by atoms with Crippen molar-refractivity contribution in [2.45, 2.75) is 6.42 Å². The second kappa shape index (κ2) is 3.05. The highest BCUT2D eigenvalue weighted by atomic mass is 16.3. The third kappa shape index (κ3) is 2.29. The van der Waals surface area contributed by atoms with Crippen molar-refractivity contribution in [3.05, 3.63) is 29.7 Å². The molecule has 0 aromatic heterocycles. The Morgan fingerprint density at radius 3 is 2.55 bits per heavy atom. The van der Waals surface area contributed by atoms with Crippen LogP contribution in [0.1, 0.15) is 11.0 Å². The summed E-state index contributed by atoms with van der Waals surface area (Å²) in [5, 5.41) is 9.20. The molecular weight excluding hydrogens is 142 g/mol. The Labute approximate surface area is 70.1 Å². The van der Waals surface area contributed by atoms with Gasteiger partial charge in [-0.25, -0.2) is 0 Å². The molecule has 0 aliphatic carbocycles. The lowest BCUT2D eigenvalue weighted by Gasteiger charge is -1.96. The minimum absolute atomic E-state index is 0.102. The number of nitrogens with two attached hydrogens (primary N) is 1. The normalized spacial score (nSPS) is 14.5. The molecule has 3 N–H and O–H groups in total. The smallest absolute Gasteiger partial charge is 0.221 e. The van der Waals surface area contributed by atoms with Gasteiger partial charge >= 0.3 is 0 Å². The van der Waals surface area contributed by atoms with Crippen LogP contribution in [0.15, 0.2) is 24.2 Å². The van der Waals surface area contributed by atoms with Gasteiger partial charge in [0.15, 0.2) is 0 Å². The summed E-state index contributed by atoms with van der Waals surface area (Å²) in [6.45, 7) is 0. The Hall–Kier alpha value is -1.51. The second-order valence-corrected chi connectivity index (χ2v) is 1.97. The Morgan fingerprint density at radius 1 is 1.55 bits per heavy atom. The molecule has 1 aromatic carbocycles. The van der Waals surface area contributed by atoms with Crippen molar-refractivity contribution < 1.29 is 15.4 Å². The number of hydrogen-bond acceptors (Lipinski definition) is 2. The van der Waals surface area contributed by atoms with Crippen LogP contribution in [-0.2, 0) is 11.2 Å². The number of rotatable bonds is 2. The number of phenolic OH excluding ortho intramolecular Hbond substituents is 1. The summed E-state index contributed by atoms with van der Waals surface area (Å²) in [5.41, 5.74) is 4.81. The zero-order valence-corrected chi connectivity index (χ0v) is 5.64. The van der Waals surface area contributed by atoms with Crippen LogP contribution in [-0.4, -0.2) is 11.0 Å². The second-order valence-electron chi connectivity index (χ2n) is 1.97. The summed E-state index contributed by atoms with van der Waals surface area (Å²) in [6, 6.07) is -2.00. The van der Waals surface area contributed by atoms with Crippen LogP contribution in [0.3, 0.4) is 0 Å². The van der Waals surface area contributed by atoms with E-state index in [1.807, 2.05) is 0 Å². The van der Waals surface area contributed by atoms with E-state index in [4.69, 9.17) is 11.2 Å². The molecule has 11 heavy (non-hydrogen) atoms. The predicted octanol–water partition coefficient (Wildman–Crippen LogP) is 0.420. The number of carbonyl (C=O) groups is 1. The first-order chi connectivity index (χ1) is 6.86. The van der Waals surface area contributed by atoms with E-state index in [1.54, 1.807) is 0 Å². The number of carbonyl (C=O) groups excluding carboxylic acids is 1. The van der Waals surface area contributed by atoms with Crippen LogP contribution < -0.4 is 5.73 Å². The molecular formula is C8H9NO2. The molecule has 0 saturated carbocycles. The van der Waals surface area contributed by atoms with Gasteiger partial charge in [0, 0.05) is 0 Å². The van der Waals surface area contributed by atoms with E-state index in [0.717, 1.165) is 0 Å². The van der Waals surface area contributed by atoms with Crippen molar-refractivity contribution in [3.63, 3.8) is 0 Å². The molecule has 0 heterocycles. The topological polar surface area (TPSA) is 63.3 Å². The largest absolute Gasteiger partial charge is 0.508 e. The molecule has 3 nitrogen and oxygen atoms in total. The molecule has 0 atom stereocenters. The fraction of sp³-hybridized carbons (Fsp3) is 0.125. The van der Waals surface area contributed by atoms with E-state index < -0.39 is 35.8 Å². The third-order valence-corrected chi connectivity index (χ3v) is 1.01. The van der Waals surface area contributed by atoms with Gasteiger partial charge in [-0.15, -0.1) is 0 Å². The van der Waals surface area contributed by atoms with Crippen molar-refractivity contribution in [2.24, 2.45) is 5.73 Å². The van der Waals surface area contributed by atoms with Gasteiger partial charge in [-0.3, -0.25) is 4.79 Å². The van der Waals surface area contributed by atoms with E-state index in [2.05, 4.69) is 0 Å². The molecule has 0 saturated heterocycles. The van der Waals surface area contributed by atoms with E-state index >= 15 is 0 Å². The number of hydrogen-bond donors (Lipinski definition) is 2. The number of phenols is 1. The summed E-state index contributed by atoms with van der Waals surface area (Å²) in [7, 11) is 0. The van der Waals surface area contributed by atoms with E-state index in [-0.39, 0.29) is 12.0 Å². The lowest BCUT2D eigenvalue weighted by molar-refractivity contribution is -0.117. The third-order valence-electron chi connectivity index (χ3n) is 1.01. The quantitative estimate of drug-likeness (QED) is 0.650. The first kappa shape index (κ1) is 3.76. The maximum absolute atomic E-state index is 10.7. The van der Waals surface area contributed by atoms with Crippen molar-refractivity contribution >= 4 is 5.91 Å². The fourth-order valence-electron chi connectivity index (χ4n) is 0.594. The highest BCUT2D eigenvalue weighted by Crippen LogP contribution is 2.09. The molecule has 1 amide bonds. The lowest BCUT2D eigenvalue weighted by atomic mass is 10.1.